The monoisotopic (exact) mass is 334 g/mol. The molecular weight excluding hydrogens is 323 g/mol. The van der Waals surface area contributed by atoms with Crippen LogP contribution in [0.3, 0.4) is 0 Å². The zero-order chi connectivity index (χ0) is 16.6. The lowest BCUT2D eigenvalue weighted by Gasteiger charge is -2.08. The summed E-state index contributed by atoms with van der Waals surface area (Å²) in [5, 5.41) is 3.02. The molecule has 2 amide bonds. The Balaban J connectivity index is 1.75. The number of halogens is 2. The Kier molecular flexibility index (Phi) is 3.96. The van der Waals surface area contributed by atoms with Crippen LogP contribution in [0.25, 0.3) is 0 Å². The second-order valence-corrected chi connectivity index (χ2v) is 5.58. The van der Waals surface area contributed by atoms with Gasteiger partial charge in [-0.1, -0.05) is 17.7 Å². The van der Waals surface area contributed by atoms with Gasteiger partial charge >= 0.3 is 0 Å². The van der Waals surface area contributed by atoms with Crippen molar-refractivity contribution in [3.8, 4) is 0 Å². The molecule has 118 valence electrons. The van der Waals surface area contributed by atoms with Gasteiger partial charge in [0, 0.05) is 34.9 Å². The Morgan fingerprint density at radius 3 is 2.61 bits per heavy atom. The standard InChI is InChI=1S/C15H12ClFN4O2/c16-8-2-1-3-9(17)11(8)7-6-10(7)21-15(23)13-12(14(18)22)19-4-5-20-13/h1-5,7,10H,6H2,(H2,18,22)(H,21,23)/t7-,10+/m0/s1. The molecule has 1 saturated carbocycles. The maximum absolute atomic E-state index is 13.9. The number of primary amides is 1. The van der Waals surface area contributed by atoms with E-state index in [0.29, 0.717) is 17.0 Å². The molecule has 2 aromatic rings. The fourth-order valence-electron chi connectivity index (χ4n) is 2.46. The predicted molar refractivity (Wildman–Crippen MR) is 80.6 cm³/mol. The largest absolute Gasteiger partial charge is 0.364 e. The van der Waals surface area contributed by atoms with Gasteiger partial charge in [-0.2, -0.15) is 0 Å². The van der Waals surface area contributed by atoms with Gasteiger partial charge in [-0.3, -0.25) is 9.59 Å². The lowest BCUT2D eigenvalue weighted by Crippen LogP contribution is -2.31. The second-order valence-electron chi connectivity index (χ2n) is 5.18. The van der Waals surface area contributed by atoms with Crippen LogP contribution in [0.2, 0.25) is 5.02 Å². The van der Waals surface area contributed by atoms with E-state index in [2.05, 4.69) is 15.3 Å². The maximum atomic E-state index is 13.9. The fraction of sp³-hybridized carbons (Fsp3) is 0.200. The van der Waals surface area contributed by atoms with Crippen molar-refractivity contribution in [1.82, 2.24) is 15.3 Å². The third-order valence-corrected chi connectivity index (χ3v) is 3.95. The fourth-order valence-corrected chi connectivity index (χ4v) is 2.76. The van der Waals surface area contributed by atoms with E-state index >= 15 is 0 Å². The number of carbonyl (C=O) groups excluding carboxylic acids is 2. The molecule has 0 aliphatic heterocycles. The van der Waals surface area contributed by atoms with E-state index in [4.69, 9.17) is 17.3 Å². The van der Waals surface area contributed by atoms with E-state index in [0.717, 1.165) is 0 Å². The highest BCUT2D eigenvalue weighted by Crippen LogP contribution is 2.44. The van der Waals surface area contributed by atoms with E-state index in [9.17, 15) is 14.0 Å². The summed E-state index contributed by atoms with van der Waals surface area (Å²) in [4.78, 5) is 31.1. The summed E-state index contributed by atoms with van der Waals surface area (Å²) in [5.41, 5.74) is 5.20. The van der Waals surface area contributed by atoms with Crippen molar-refractivity contribution >= 4 is 23.4 Å². The van der Waals surface area contributed by atoms with Gasteiger partial charge in [0.15, 0.2) is 11.4 Å². The molecule has 0 radical (unpaired) electrons. The first kappa shape index (κ1) is 15.4. The summed E-state index contributed by atoms with van der Waals surface area (Å²) in [7, 11) is 0. The highest BCUT2D eigenvalue weighted by molar-refractivity contribution is 6.31. The molecule has 6 nitrogen and oxygen atoms in total. The second kappa shape index (κ2) is 5.92. The van der Waals surface area contributed by atoms with Gasteiger partial charge < -0.3 is 11.1 Å². The number of nitrogens with one attached hydrogen (secondary N) is 1. The van der Waals surface area contributed by atoms with Crippen molar-refractivity contribution in [3.63, 3.8) is 0 Å². The van der Waals surface area contributed by atoms with Crippen LogP contribution in [0.1, 0.15) is 38.9 Å². The summed E-state index contributed by atoms with van der Waals surface area (Å²) in [5.74, 6) is -2.03. The van der Waals surface area contributed by atoms with E-state index in [1.807, 2.05) is 0 Å². The van der Waals surface area contributed by atoms with Crippen molar-refractivity contribution < 1.29 is 14.0 Å². The predicted octanol–water partition coefficient (Wildman–Crippen LogP) is 1.65. The van der Waals surface area contributed by atoms with Crippen LogP contribution in [0.15, 0.2) is 30.6 Å². The number of hydrogen-bond donors (Lipinski definition) is 2. The maximum Gasteiger partial charge on any atom is 0.272 e. The third kappa shape index (κ3) is 3.00. The van der Waals surface area contributed by atoms with Crippen molar-refractivity contribution in [1.29, 1.82) is 0 Å². The molecule has 3 N–H and O–H groups in total. The number of hydrogen-bond acceptors (Lipinski definition) is 4. The zero-order valence-corrected chi connectivity index (χ0v) is 12.5. The minimum atomic E-state index is -0.840. The Labute approximate surface area is 135 Å². The Bertz CT molecular complexity index is 779. The molecule has 1 aliphatic carbocycles. The third-order valence-electron chi connectivity index (χ3n) is 3.62. The molecule has 0 spiro atoms. The summed E-state index contributed by atoms with van der Waals surface area (Å²) >= 11 is 6.01. The molecule has 1 fully saturated rings. The number of nitrogens with zero attached hydrogens (tertiary/aromatic N) is 2. The molecule has 3 rings (SSSR count). The van der Waals surface area contributed by atoms with Crippen LogP contribution in [-0.2, 0) is 0 Å². The lowest BCUT2D eigenvalue weighted by molar-refractivity contribution is 0.0925. The summed E-state index contributed by atoms with van der Waals surface area (Å²) in [6.07, 6.45) is 3.12. The number of nitrogens with two attached hydrogens (primary N) is 1. The highest BCUT2D eigenvalue weighted by atomic mass is 35.5. The molecule has 0 saturated heterocycles. The first-order valence-corrected chi connectivity index (χ1v) is 7.22. The van der Waals surface area contributed by atoms with Gasteiger partial charge in [0.05, 0.1) is 0 Å². The van der Waals surface area contributed by atoms with Gasteiger partial charge in [0.25, 0.3) is 11.8 Å². The molecule has 1 aromatic heterocycles. The Hall–Kier alpha value is -2.54. The van der Waals surface area contributed by atoms with Crippen molar-refractivity contribution in [2.45, 2.75) is 18.4 Å². The number of aromatic nitrogens is 2. The molecular formula is C15H12ClFN4O2. The van der Waals surface area contributed by atoms with E-state index in [1.165, 1.54) is 24.5 Å². The SMILES string of the molecule is NC(=O)c1nccnc1C(=O)N[C@@H]1C[C@@H]1c1c(F)cccc1Cl. The van der Waals surface area contributed by atoms with Gasteiger partial charge in [-0.25, -0.2) is 14.4 Å². The molecule has 1 heterocycles. The van der Waals surface area contributed by atoms with E-state index in [-0.39, 0.29) is 23.3 Å². The molecule has 2 atom stereocenters. The van der Waals surface area contributed by atoms with E-state index < -0.39 is 17.6 Å². The number of rotatable bonds is 4. The quantitative estimate of drug-likeness (QED) is 0.888. The highest BCUT2D eigenvalue weighted by Gasteiger charge is 2.42. The molecule has 0 unspecified atom stereocenters. The topological polar surface area (TPSA) is 98.0 Å². The minimum Gasteiger partial charge on any atom is -0.364 e. The number of carbonyl (C=O) groups is 2. The molecule has 8 heteroatoms. The van der Waals surface area contributed by atoms with Crippen LogP contribution >= 0.6 is 11.6 Å². The summed E-state index contributed by atoms with van der Waals surface area (Å²) in [6.45, 7) is 0. The van der Waals surface area contributed by atoms with Crippen molar-refractivity contribution in [2.24, 2.45) is 5.73 Å². The first-order chi connectivity index (χ1) is 11.0. The zero-order valence-electron chi connectivity index (χ0n) is 11.8. The molecule has 23 heavy (non-hydrogen) atoms. The smallest absolute Gasteiger partial charge is 0.272 e. The number of amides is 2. The Morgan fingerprint density at radius 1 is 1.26 bits per heavy atom. The Morgan fingerprint density at radius 2 is 1.96 bits per heavy atom. The van der Waals surface area contributed by atoms with Crippen LogP contribution in [0, 0.1) is 5.82 Å². The van der Waals surface area contributed by atoms with Crippen LogP contribution in [0.5, 0.6) is 0 Å². The lowest BCUT2D eigenvalue weighted by atomic mass is 10.1. The van der Waals surface area contributed by atoms with Crippen LogP contribution in [-0.4, -0.2) is 27.8 Å². The molecule has 1 aromatic carbocycles. The van der Waals surface area contributed by atoms with Crippen LogP contribution < -0.4 is 11.1 Å². The summed E-state index contributed by atoms with van der Waals surface area (Å²) < 4.78 is 13.9. The van der Waals surface area contributed by atoms with Crippen molar-refractivity contribution in [3.05, 3.63) is 58.4 Å². The van der Waals surface area contributed by atoms with Gasteiger partial charge in [-0.15, -0.1) is 0 Å². The van der Waals surface area contributed by atoms with Gasteiger partial charge in [0.2, 0.25) is 0 Å². The molecule has 1 aliphatic rings. The summed E-state index contributed by atoms with van der Waals surface area (Å²) in [6, 6.07) is 4.17. The van der Waals surface area contributed by atoms with Gasteiger partial charge in [0.1, 0.15) is 5.82 Å². The van der Waals surface area contributed by atoms with E-state index in [1.54, 1.807) is 6.07 Å². The normalized spacial score (nSPS) is 19.2. The van der Waals surface area contributed by atoms with Crippen molar-refractivity contribution in [2.75, 3.05) is 0 Å². The first-order valence-electron chi connectivity index (χ1n) is 6.84. The minimum absolute atomic E-state index is 0.148. The average molecular weight is 335 g/mol. The average Bonchev–Trinajstić information content (AvgIpc) is 3.25. The molecule has 0 bridgehead atoms. The van der Waals surface area contributed by atoms with Gasteiger partial charge in [-0.05, 0) is 18.6 Å². The number of benzene rings is 1. The van der Waals surface area contributed by atoms with Crippen LogP contribution in [0.4, 0.5) is 4.39 Å².